The van der Waals surface area contributed by atoms with E-state index in [2.05, 4.69) is 39.5 Å². The summed E-state index contributed by atoms with van der Waals surface area (Å²) in [5, 5.41) is 9.16. The van der Waals surface area contributed by atoms with Crippen molar-refractivity contribution in [1.29, 1.82) is 0 Å². The normalized spacial score (nSPS) is 13.4. The summed E-state index contributed by atoms with van der Waals surface area (Å²) in [5.41, 5.74) is 3.84. The third-order valence-electron chi connectivity index (χ3n) is 2.76. The fourth-order valence-electron chi connectivity index (χ4n) is 1.47. The van der Waals surface area contributed by atoms with Crippen LogP contribution in [0.2, 0.25) is 0 Å². The van der Waals surface area contributed by atoms with Crippen LogP contribution in [0.4, 0.5) is 0 Å². The van der Waals surface area contributed by atoms with E-state index in [0.29, 0.717) is 0 Å². The molecule has 0 unspecified atom stereocenters. The summed E-state index contributed by atoms with van der Waals surface area (Å²) in [6, 6.07) is 0. The van der Waals surface area contributed by atoms with Crippen molar-refractivity contribution in [3.63, 3.8) is 0 Å². The van der Waals surface area contributed by atoms with Crippen molar-refractivity contribution in [2.45, 2.75) is 47.0 Å². The Balaban J connectivity index is 4.03. The zero-order valence-electron chi connectivity index (χ0n) is 11.2. The zero-order chi connectivity index (χ0) is 12.6. The first-order valence-electron chi connectivity index (χ1n) is 6.02. The summed E-state index contributed by atoms with van der Waals surface area (Å²) >= 11 is 0. The lowest BCUT2D eigenvalue weighted by molar-refractivity contribution is 0.247. The van der Waals surface area contributed by atoms with E-state index in [-0.39, 0.29) is 12.5 Å². The van der Waals surface area contributed by atoms with Gasteiger partial charge in [0.25, 0.3) is 0 Å². The molecule has 0 saturated carbocycles. The van der Waals surface area contributed by atoms with E-state index in [0.717, 1.165) is 24.8 Å². The molecule has 0 aliphatic rings. The van der Waals surface area contributed by atoms with Gasteiger partial charge in [-0.15, -0.1) is 0 Å². The van der Waals surface area contributed by atoms with Gasteiger partial charge < -0.3 is 5.11 Å². The SMILES string of the molecule is C=C(C)[C@H](CO)C/C=C(\C)CCC=C(C)C. The van der Waals surface area contributed by atoms with Crippen molar-refractivity contribution in [3.8, 4) is 0 Å². The van der Waals surface area contributed by atoms with Gasteiger partial charge in [-0.05, 0) is 47.0 Å². The quantitative estimate of drug-likeness (QED) is 0.638. The lowest BCUT2D eigenvalue weighted by atomic mass is 9.97. The second-order valence-corrected chi connectivity index (χ2v) is 4.83. The Morgan fingerprint density at radius 1 is 1.19 bits per heavy atom. The Morgan fingerprint density at radius 2 is 1.81 bits per heavy atom. The van der Waals surface area contributed by atoms with Crippen LogP contribution in [0.5, 0.6) is 0 Å². The largest absolute Gasteiger partial charge is 0.396 e. The molecule has 1 atom stereocenters. The predicted molar refractivity (Wildman–Crippen MR) is 72.4 cm³/mol. The molecule has 92 valence electrons. The van der Waals surface area contributed by atoms with Gasteiger partial charge in [0.15, 0.2) is 0 Å². The number of hydrogen-bond donors (Lipinski definition) is 1. The predicted octanol–water partition coefficient (Wildman–Crippen LogP) is 4.25. The molecule has 1 heteroatoms. The first-order chi connectivity index (χ1) is 7.47. The summed E-state index contributed by atoms with van der Waals surface area (Å²) in [4.78, 5) is 0. The highest BCUT2D eigenvalue weighted by molar-refractivity contribution is 5.06. The molecule has 0 aliphatic carbocycles. The monoisotopic (exact) mass is 222 g/mol. The number of rotatable bonds is 7. The van der Waals surface area contributed by atoms with Gasteiger partial charge in [0.2, 0.25) is 0 Å². The van der Waals surface area contributed by atoms with Crippen LogP contribution in [0, 0.1) is 5.92 Å². The second kappa shape index (κ2) is 8.35. The maximum absolute atomic E-state index is 9.16. The second-order valence-electron chi connectivity index (χ2n) is 4.83. The fraction of sp³-hybridized carbons (Fsp3) is 0.600. The van der Waals surface area contributed by atoms with Crippen LogP contribution in [-0.4, -0.2) is 11.7 Å². The minimum atomic E-state index is 0.201. The zero-order valence-corrected chi connectivity index (χ0v) is 11.2. The van der Waals surface area contributed by atoms with E-state index in [1.807, 2.05) is 6.92 Å². The molecule has 0 amide bonds. The molecule has 0 aliphatic heterocycles. The Morgan fingerprint density at radius 3 is 2.25 bits per heavy atom. The van der Waals surface area contributed by atoms with Crippen LogP contribution in [-0.2, 0) is 0 Å². The van der Waals surface area contributed by atoms with Crippen molar-refractivity contribution in [3.05, 3.63) is 35.5 Å². The Bertz CT molecular complexity index is 267. The van der Waals surface area contributed by atoms with E-state index < -0.39 is 0 Å². The topological polar surface area (TPSA) is 20.2 Å². The van der Waals surface area contributed by atoms with Crippen LogP contribution in [0.15, 0.2) is 35.5 Å². The van der Waals surface area contributed by atoms with Crippen molar-refractivity contribution in [1.82, 2.24) is 0 Å². The summed E-state index contributed by atoms with van der Waals surface area (Å²) in [6.45, 7) is 12.5. The van der Waals surface area contributed by atoms with E-state index in [1.165, 1.54) is 11.1 Å². The lowest BCUT2D eigenvalue weighted by Crippen LogP contribution is -2.05. The van der Waals surface area contributed by atoms with Gasteiger partial charge in [-0.25, -0.2) is 0 Å². The minimum Gasteiger partial charge on any atom is -0.396 e. The van der Waals surface area contributed by atoms with Crippen molar-refractivity contribution < 1.29 is 5.11 Å². The van der Waals surface area contributed by atoms with E-state index in [4.69, 9.17) is 5.11 Å². The van der Waals surface area contributed by atoms with E-state index in [9.17, 15) is 0 Å². The summed E-state index contributed by atoms with van der Waals surface area (Å²) in [6.07, 6.45) is 7.63. The first kappa shape index (κ1) is 15.2. The molecule has 0 rings (SSSR count). The van der Waals surface area contributed by atoms with Crippen LogP contribution < -0.4 is 0 Å². The molecule has 0 aromatic heterocycles. The minimum absolute atomic E-state index is 0.201. The molecule has 0 spiro atoms. The smallest absolute Gasteiger partial charge is 0.0499 e. The Hall–Kier alpha value is -0.820. The standard InChI is InChI=1S/C15H26O/c1-12(2)7-6-8-14(5)9-10-15(11-16)13(3)4/h7,9,15-16H,3,6,8,10-11H2,1-2,4-5H3/b14-9+/t15-/m0/s1. The van der Waals surface area contributed by atoms with Gasteiger partial charge in [-0.2, -0.15) is 0 Å². The van der Waals surface area contributed by atoms with Gasteiger partial charge >= 0.3 is 0 Å². The highest BCUT2D eigenvalue weighted by Gasteiger charge is 2.05. The average molecular weight is 222 g/mol. The third kappa shape index (κ3) is 7.47. The number of aliphatic hydroxyl groups excluding tert-OH is 1. The fourth-order valence-corrected chi connectivity index (χ4v) is 1.47. The molecular weight excluding hydrogens is 196 g/mol. The molecule has 0 aromatic carbocycles. The number of allylic oxidation sites excluding steroid dienone is 4. The van der Waals surface area contributed by atoms with Gasteiger partial charge in [0, 0.05) is 12.5 Å². The highest BCUT2D eigenvalue weighted by Crippen LogP contribution is 2.16. The van der Waals surface area contributed by atoms with Crippen molar-refractivity contribution >= 4 is 0 Å². The average Bonchev–Trinajstić information content (AvgIpc) is 2.17. The Labute approximate surface area is 101 Å². The van der Waals surface area contributed by atoms with Crippen LogP contribution >= 0.6 is 0 Å². The molecule has 1 nitrogen and oxygen atoms in total. The molecule has 0 bridgehead atoms. The number of hydrogen-bond acceptors (Lipinski definition) is 1. The lowest BCUT2D eigenvalue weighted by Gasteiger charge is -2.11. The summed E-state index contributed by atoms with van der Waals surface area (Å²) in [7, 11) is 0. The maximum Gasteiger partial charge on any atom is 0.0499 e. The van der Waals surface area contributed by atoms with E-state index >= 15 is 0 Å². The highest BCUT2D eigenvalue weighted by atomic mass is 16.3. The van der Waals surface area contributed by atoms with Crippen LogP contribution in [0.1, 0.15) is 47.0 Å². The van der Waals surface area contributed by atoms with Crippen LogP contribution in [0.25, 0.3) is 0 Å². The third-order valence-corrected chi connectivity index (χ3v) is 2.76. The maximum atomic E-state index is 9.16. The molecule has 0 saturated heterocycles. The molecule has 0 aromatic rings. The molecular formula is C15H26O. The summed E-state index contributed by atoms with van der Waals surface area (Å²) in [5.74, 6) is 0.221. The van der Waals surface area contributed by atoms with Crippen LogP contribution in [0.3, 0.4) is 0 Å². The van der Waals surface area contributed by atoms with Crippen molar-refractivity contribution in [2.24, 2.45) is 5.92 Å². The molecule has 0 heterocycles. The number of aliphatic hydroxyl groups is 1. The van der Waals surface area contributed by atoms with Gasteiger partial charge in [0.05, 0.1) is 0 Å². The first-order valence-corrected chi connectivity index (χ1v) is 6.02. The molecule has 0 fully saturated rings. The van der Waals surface area contributed by atoms with E-state index in [1.54, 1.807) is 0 Å². The van der Waals surface area contributed by atoms with Gasteiger partial charge in [-0.3, -0.25) is 0 Å². The Kier molecular flexibility index (Phi) is 7.92. The molecule has 16 heavy (non-hydrogen) atoms. The van der Waals surface area contributed by atoms with Gasteiger partial charge in [-0.1, -0.05) is 35.5 Å². The van der Waals surface area contributed by atoms with Crippen molar-refractivity contribution in [2.75, 3.05) is 6.61 Å². The molecule has 1 N–H and O–H groups in total. The van der Waals surface area contributed by atoms with Gasteiger partial charge in [0.1, 0.15) is 0 Å². The molecule has 0 radical (unpaired) electrons. The summed E-state index contributed by atoms with van der Waals surface area (Å²) < 4.78 is 0.